The number of hydrogen-bond donors (Lipinski definition) is 0. The molecule has 1 heterocycles. The summed E-state index contributed by atoms with van der Waals surface area (Å²) in [5.74, 6) is -3.01. The van der Waals surface area contributed by atoms with Gasteiger partial charge in [0.05, 0.1) is 0 Å². The molecule has 0 aromatic carbocycles. The van der Waals surface area contributed by atoms with Crippen molar-refractivity contribution >= 4 is 17.7 Å². The van der Waals surface area contributed by atoms with Crippen molar-refractivity contribution in [3.63, 3.8) is 0 Å². The van der Waals surface area contributed by atoms with E-state index in [0.29, 0.717) is 0 Å². The highest BCUT2D eigenvalue weighted by atomic mass is 16.2. The quantitative estimate of drug-likeness (QED) is 0.537. The molecule has 18 heavy (non-hydrogen) atoms. The summed E-state index contributed by atoms with van der Waals surface area (Å²) in [4.78, 5) is 68.4. The van der Waals surface area contributed by atoms with Crippen molar-refractivity contribution < 1.29 is 14.4 Å². The van der Waals surface area contributed by atoms with Gasteiger partial charge in [-0.15, -0.1) is 0 Å². The van der Waals surface area contributed by atoms with Crippen LogP contribution in [-0.2, 0) is 0 Å². The fourth-order valence-electron chi connectivity index (χ4n) is 1.35. The predicted molar refractivity (Wildman–Crippen MR) is 58.1 cm³/mol. The number of carbonyl (C=O) groups is 3. The summed E-state index contributed by atoms with van der Waals surface area (Å²) < 4.78 is 0.137. The molecule has 0 spiro atoms. The molecule has 1 rings (SSSR count). The fourth-order valence-corrected chi connectivity index (χ4v) is 1.35. The summed E-state index contributed by atoms with van der Waals surface area (Å²) in [5.41, 5.74) is -4.16. The number of carbonyl (C=O) groups excluding carboxylic acids is 3. The van der Waals surface area contributed by atoms with Gasteiger partial charge in [0.2, 0.25) is 17.7 Å². The average molecular weight is 255 g/mol. The van der Waals surface area contributed by atoms with Crippen molar-refractivity contribution in [2.24, 2.45) is 0 Å². The Morgan fingerprint density at radius 1 is 0.611 bits per heavy atom. The minimum absolute atomic E-state index is 0.0458. The zero-order valence-electron chi connectivity index (χ0n) is 9.79. The van der Waals surface area contributed by atoms with E-state index in [-0.39, 0.29) is 13.7 Å². The average Bonchev–Trinajstić information content (AvgIpc) is 2.14. The Balaban J connectivity index is 4.15. The first-order chi connectivity index (χ1) is 8.20. The van der Waals surface area contributed by atoms with Gasteiger partial charge in [0, 0.05) is 20.8 Å². The molecule has 0 unspecified atom stereocenters. The van der Waals surface area contributed by atoms with E-state index in [4.69, 9.17) is 0 Å². The van der Waals surface area contributed by atoms with Crippen LogP contribution in [0.15, 0.2) is 14.4 Å². The van der Waals surface area contributed by atoms with Crippen molar-refractivity contribution in [3.8, 4) is 0 Å². The van der Waals surface area contributed by atoms with Gasteiger partial charge in [-0.2, -0.15) is 13.7 Å². The normalized spacial score (nSPS) is 10.2. The van der Waals surface area contributed by atoms with Gasteiger partial charge in [0.1, 0.15) is 0 Å². The Morgan fingerprint density at radius 3 is 0.889 bits per heavy atom. The zero-order valence-corrected chi connectivity index (χ0v) is 9.79. The number of nitrogens with zero attached hydrogens (tertiary/aromatic N) is 3. The molecular weight excluding hydrogens is 246 g/mol. The van der Waals surface area contributed by atoms with Crippen LogP contribution in [0.2, 0.25) is 0 Å². The number of hydrogen-bond acceptors (Lipinski definition) is 6. The van der Waals surface area contributed by atoms with Gasteiger partial charge in [0.25, 0.3) is 0 Å². The largest absolute Gasteiger partial charge is 0.350 e. The van der Waals surface area contributed by atoms with E-state index < -0.39 is 34.8 Å². The zero-order chi connectivity index (χ0) is 14.2. The Bertz CT molecular complexity index is 602. The maximum atomic E-state index is 11.6. The van der Waals surface area contributed by atoms with Crippen LogP contribution >= 0.6 is 0 Å². The van der Waals surface area contributed by atoms with Crippen LogP contribution < -0.4 is 17.1 Å². The lowest BCUT2D eigenvalue weighted by molar-refractivity contribution is 0.0874. The molecule has 0 saturated heterocycles. The van der Waals surface area contributed by atoms with Gasteiger partial charge >= 0.3 is 17.1 Å². The Labute approximate surface area is 98.9 Å². The van der Waals surface area contributed by atoms with Crippen LogP contribution in [0.3, 0.4) is 0 Å². The van der Waals surface area contributed by atoms with Gasteiger partial charge in [-0.1, -0.05) is 0 Å². The lowest BCUT2D eigenvalue weighted by atomic mass is 10.6. The third-order valence-electron chi connectivity index (χ3n) is 2.09. The second kappa shape index (κ2) is 4.35. The summed E-state index contributed by atoms with van der Waals surface area (Å²) in [6.07, 6.45) is 0. The number of rotatable bonds is 0. The minimum atomic E-state index is -1.39. The van der Waals surface area contributed by atoms with Crippen LogP contribution in [0.1, 0.15) is 35.2 Å². The molecule has 96 valence electrons. The minimum Gasteiger partial charge on any atom is -0.274 e. The van der Waals surface area contributed by atoms with Crippen LogP contribution in [-0.4, -0.2) is 31.4 Å². The van der Waals surface area contributed by atoms with Crippen molar-refractivity contribution in [2.75, 3.05) is 0 Å². The van der Waals surface area contributed by atoms with Crippen molar-refractivity contribution in [3.05, 3.63) is 31.5 Å². The molecule has 0 fully saturated rings. The van der Waals surface area contributed by atoms with Crippen LogP contribution in [0.5, 0.6) is 0 Å². The van der Waals surface area contributed by atoms with Gasteiger partial charge in [-0.3, -0.25) is 14.4 Å². The summed E-state index contributed by atoms with van der Waals surface area (Å²) in [5, 5.41) is 0. The van der Waals surface area contributed by atoms with E-state index in [1.165, 1.54) is 0 Å². The Kier molecular flexibility index (Phi) is 3.26. The second-order valence-corrected chi connectivity index (χ2v) is 3.41. The van der Waals surface area contributed by atoms with Gasteiger partial charge in [0.15, 0.2) is 0 Å². The second-order valence-electron chi connectivity index (χ2n) is 3.41. The maximum Gasteiger partial charge on any atom is 0.350 e. The summed E-state index contributed by atoms with van der Waals surface area (Å²) in [6, 6.07) is 0. The molecule has 0 bridgehead atoms. The molecule has 0 aliphatic carbocycles. The first-order valence-corrected chi connectivity index (χ1v) is 4.74. The summed E-state index contributed by atoms with van der Waals surface area (Å²) >= 11 is 0. The molecule has 0 amide bonds. The monoisotopic (exact) mass is 255 g/mol. The van der Waals surface area contributed by atoms with E-state index in [2.05, 4.69) is 0 Å². The van der Waals surface area contributed by atoms with Gasteiger partial charge in [-0.05, 0) is 0 Å². The predicted octanol–water partition coefficient (Wildman–Crippen LogP) is -1.85. The SMILES string of the molecule is CC(=O)n1c(=O)n(C(C)=O)c(=O)n(C(C)=O)c1=O. The van der Waals surface area contributed by atoms with E-state index in [9.17, 15) is 28.8 Å². The van der Waals surface area contributed by atoms with Crippen molar-refractivity contribution in [1.82, 2.24) is 13.7 Å². The van der Waals surface area contributed by atoms with E-state index >= 15 is 0 Å². The van der Waals surface area contributed by atoms with Crippen molar-refractivity contribution in [1.29, 1.82) is 0 Å². The molecule has 9 nitrogen and oxygen atoms in total. The van der Waals surface area contributed by atoms with E-state index in [1.54, 1.807) is 0 Å². The summed E-state index contributed by atoms with van der Waals surface area (Å²) in [6.45, 7) is 2.67. The van der Waals surface area contributed by atoms with Crippen LogP contribution in [0.25, 0.3) is 0 Å². The molecule has 0 aliphatic heterocycles. The van der Waals surface area contributed by atoms with Crippen molar-refractivity contribution in [2.45, 2.75) is 20.8 Å². The molecule has 1 aromatic heterocycles. The van der Waals surface area contributed by atoms with Crippen LogP contribution in [0, 0.1) is 0 Å². The first kappa shape index (κ1) is 13.5. The molecule has 0 radical (unpaired) electrons. The summed E-state index contributed by atoms with van der Waals surface area (Å²) in [7, 11) is 0. The lowest BCUT2D eigenvalue weighted by Gasteiger charge is -2.07. The third-order valence-corrected chi connectivity index (χ3v) is 2.09. The Morgan fingerprint density at radius 2 is 0.778 bits per heavy atom. The molecule has 1 aromatic rings. The van der Waals surface area contributed by atoms with E-state index in [1.807, 2.05) is 0 Å². The Hall–Kier alpha value is -2.58. The maximum absolute atomic E-state index is 11.6. The fraction of sp³-hybridized carbons (Fsp3) is 0.333. The van der Waals surface area contributed by atoms with Gasteiger partial charge < -0.3 is 0 Å². The van der Waals surface area contributed by atoms with Gasteiger partial charge in [-0.25, -0.2) is 14.4 Å². The lowest BCUT2D eigenvalue weighted by Crippen LogP contribution is -2.58. The molecular formula is C9H9N3O6. The highest BCUT2D eigenvalue weighted by Gasteiger charge is 2.21. The van der Waals surface area contributed by atoms with Crippen LogP contribution in [0.4, 0.5) is 0 Å². The highest BCUT2D eigenvalue weighted by Crippen LogP contribution is 1.77. The number of aromatic nitrogens is 3. The standard InChI is InChI=1S/C9H9N3O6/c1-4(13)10-7(16)11(5(2)14)9(18)12(6(3)15)8(10)17/h1-3H3. The molecule has 9 heteroatoms. The molecule has 0 N–H and O–H groups in total. The molecule has 0 aliphatic rings. The third kappa shape index (κ3) is 1.85. The molecule has 0 atom stereocenters. The molecule has 0 saturated carbocycles. The van der Waals surface area contributed by atoms with E-state index in [0.717, 1.165) is 20.8 Å². The highest BCUT2D eigenvalue weighted by molar-refractivity contribution is 5.81. The first-order valence-electron chi connectivity index (χ1n) is 4.74. The topological polar surface area (TPSA) is 117 Å². The smallest absolute Gasteiger partial charge is 0.274 e.